The van der Waals surface area contributed by atoms with Crippen molar-refractivity contribution in [1.29, 1.82) is 0 Å². The van der Waals surface area contributed by atoms with Gasteiger partial charge in [-0.1, -0.05) is 0 Å². The summed E-state index contributed by atoms with van der Waals surface area (Å²) in [7, 11) is -4.18. The molecule has 0 unspecified atom stereocenters. The molecule has 6 rings (SSSR count). The molecule has 4 nitrogen and oxygen atoms in total. The number of hydrogen-bond donors (Lipinski definition) is 0. The summed E-state index contributed by atoms with van der Waals surface area (Å²) < 4.78 is 26.5. The van der Waals surface area contributed by atoms with Gasteiger partial charge in [0, 0.05) is 0 Å². The molecule has 0 bridgehead atoms. The third kappa shape index (κ3) is 2.58. The molecule has 0 radical (unpaired) electrons. The molecule has 0 aromatic heterocycles. The van der Waals surface area contributed by atoms with E-state index in [1.54, 1.807) is 0 Å². The van der Waals surface area contributed by atoms with E-state index in [1.165, 1.54) is 0 Å². The Morgan fingerprint density at radius 2 is 0.633 bits per heavy atom. The van der Waals surface area contributed by atoms with Crippen LogP contribution in [0.15, 0.2) is 97.1 Å². The van der Waals surface area contributed by atoms with Crippen LogP contribution < -0.4 is 18.1 Å². The van der Waals surface area contributed by atoms with Crippen LogP contribution in [0.1, 0.15) is 0 Å². The van der Waals surface area contributed by atoms with Gasteiger partial charge >= 0.3 is 175 Å². The summed E-state index contributed by atoms with van der Waals surface area (Å²) >= 11 is 0. The summed E-state index contributed by atoms with van der Waals surface area (Å²) in [6.45, 7) is 1.81. The molecular weight excluding hydrogens is 395 g/mol. The molecule has 2 aliphatic rings. The number of hydrogen-bond acceptors (Lipinski definition) is 4. The second-order valence-corrected chi connectivity index (χ2v) is 10.6. The summed E-state index contributed by atoms with van der Waals surface area (Å²) in [4.78, 5) is 0. The third-order valence-corrected chi connectivity index (χ3v) is 7.75. The number of rotatable bonds is 0. The monoisotopic (exact) mass is 414 g/mol. The maximum atomic E-state index is 6.61. The fraction of sp³-hybridized carbons (Fsp3) is 0.0400. The topological polar surface area (TPSA) is 36.9 Å². The first-order chi connectivity index (χ1) is 14.6. The zero-order chi connectivity index (χ0) is 20.2. The van der Waals surface area contributed by atoms with Crippen LogP contribution in [0, 0.1) is 0 Å². The van der Waals surface area contributed by atoms with Gasteiger partial charge < -0.3 is 0 Å². The van der Waals surface area contributed by atoms with Crippen molar-refractivity contribution in [2.75, 3.05) is 6.66 Å². The van der Waals surface area contributed by atoms with Gasteiger partial charge in [-0.3, -0.25) is 0 Å². The first kappa shape index (κ1) is 17.4. The Morgan fingerprint density at radius 3 is 0.900 bits per heavy atom. The van der Waals surface area contributed by atoms with Crippen molar-refractivity contribution in [3.8, 4) is 45.3 Å². The average Bonchev–Trinajstić information content (AvgIpc) is 2.94. The number of benzene rings is 4. The molecule has 1 spiro atoms. The average molecular weight is 414 g/mol. The van der Waals surface area contributed by atoms with Crippen LogP contribution in [0.3, 0.4) is 0 Å². The molecule has 0 fully saturated rings. The minimum atomic E-state index is -4.18. The van der Waals surface area contributed by atoms with Gasteiger partial charge in [-0.15, -0.1) is 0 Å². The Morgan fingerprint density at radius 1 is 0.400 bits per heavy atom. The van der Waals surface area contributed by atoms with Crippen LogP contribution in [0.2, 0.25) is 0 Å². The molecule has 0 aliphatic carbocycles. The van der Waals surface area contributed by atoms with Crippen LogP contribution in [0.25, 0.3) is 22.3 Å². The Hall–Kier alpha value is -3.49. The second kappa shape index (κ2) is 6.01. The molecule has 0 saturated heterocycles. The van der Waals surface area contributed by atoms with Crippen LogP contribution in [-0.4, -0.2) is 6.66 Å². The van der Waals surface area contributed by atoms with Crippen LogP contribution in [0.4, 0.5) is 0 Å². The molecule has 0 amide bonds. The molecule has 148 valence electrons. The summed E-state index contributed by atoms with van der Waals surface area (Å²) in [5.41, 5.74) is 3.76. The molecule has 30 heavy (non-hydrogen) atoms. The van der Waals surface area contributed by atoms with Crippen molar-refractivity contribution >= 4 is 7.51 Å². The molecular formula is C25H19O4P. The van der Waals surface area contributed by atoms with E-state index in [2.05, 4.69) is 0 Å². The molecule has 2 heterocycles. The van der Waals surface area contributed by atoms with Crippen LogP contribution in [0.5, 0.6) is 23.0 Å². The molecule has 5 heteroatoms. The fourth-order valence-corrected chi connectivity index (χ4v) is 6.67. The van der Waals surface area contributed by atoms with Gasteiger partial charge in [-0.2, -0.15) is 0 Å². The van der Waals surface area contributed by atoms with Crippen molar-refractivity contribution in [2.24, 2.45) is 0 Å². The van der Waals surface area contributed by atoms with Gasteiger partial charge in [0.05, 0.1) is 0 Å². The Kier molecular flexibility index (Phi) is 3.48. The first-order valence-electron chi connectivity index (χ1n) is 9.80. The fourth-order valence-electron chi connectivity index (χ4n) is 4.06. The zero-order valence-corrected chi connectivity index (χ0v) is 17.2. The van der Waals surface area contributed by atoms with Crippen molar-refractivity contribution in [1.82, 2.24) is 0 Å². The van der Waals surface area contributed by atoms with E-state index in [1.807, 2.05) is 104 Å². The van der Waals surface area contributed by atoms with E-state index >= 15 is 0 Å². The van der Waals surface area contributed by atoms with Gasteiger partial charge in [0.1, 0.15) is 0 Å². The molecule has 4 aromatic rings. The summed E-state index contributed by atoms with van der Waals surface area (Å²) in [5.74, 6) is 2.66. The predicted octanol–water partition coefficient (Wildman–Crippen LogP) is 7.11. The molecule has 0 saturated carbocycles. The molecule has 4 aromatic carbocycles. The SMILES string of the molecule is CP12(Oc3ccccc3-c3ccccc3O1)Oc1ccccc1-c1ccccc1O2. The van der Waals surface area contributed by atoms with Gasteiger partial charge in [0.2, 0.25) is 0 Å². The van der Waals surface area contributed by atoms with E-state index in [4.69, 9.17) is 18.1 Å². The van der Waals surface area contributed by atoms with Crippen molar-refractivity contribution in [3.63, 3.8) is 0 Å². The quantitative estimate of drug-likeness (QED) is 0.288. The normalized spacial score (nSPS) is 18.0. The third-order valence-electron chi connectivity index (χ3n) is 5.33. The van der Waals surface area contributed by atoms with Crippen LogP contribution in [-0.2, 0) is 0 Å². The predicted molar refractivity (Wildman–Crippen MR) is 119 cm³/mol. The van der Waals surface area contributed by atoms with E-state index in [9.17, 15) is 0 Å². The summed E-state index contributed by atoms with van der Waals surface area (Å²) in [6, 6.07) is 31.5. The van der Waals surface area contributed by atoms with Crippen molar-refractivity contribution < 1.29 is 18.1 Å². The molecule has 0 N–H and O–H groups in total. The van der Waals surface area contributed by atoms with Gasteiger partial charge in [-0.05, 0) is 0 Å². The maximum absolute atomic E-state index is 6.61. The standard InChI is InChI=1S/C25H19O4P/c1-30(26-22-14-6-2-10-18(22)19-11-3-7-15-23(19)27-30)28-24-16-8-4-12-20(24)21-13-5-9-17-25(21)29-30/h2-17H,1H3. The van der Waals surface area contributed by atoms with E-state index in [0.717, 1.165) is 22.3 Å². The number of fused-ring (bicyclic) bond motifs is 6. The zero-order valence-electron chi connectivity index (χ0n) is 16.3. The Labute approximate surface area is 174 Å². The molecule has 0 atom stereocenters. The van der Waals surface area contributed by atoms with E-state index < -0.39 is 7.51 Å². The Bertz CT molecular complexity index is 1100. The second-order valence-electron chi connectivity index (χ2n) is 7.53. The Balaban J connectivity index is 1.65. The van der Waals surface area contributed by atoms with Crippen molar-refractivity contribution in [3.05, 3.63) is 97.1 Å². The van der Waals surface area contributed by atoms with Gasteiger partial charge in [0.15, 0.2) is 0 Å². The summed E-state index contributed by atoms with van der Waals surface area (Å²) in [5, 5.41) is 0. The van der Waals surface area contributed by atoms with E-state index in [-0.39, 0.29) is 0 Å². The summed E-state index contributed by atoms with van der Waals surface area (Å²) in [6.07, 6.45) is 0. The first-order valence-corrected chi connectivity index (χ1v) is 12.2. The van der Waals surface area contributed by atoms with Crippen LogP contribution >= 0.6 is 7.51 Å². The van der Waals surface area contributed by atoms with Gasteiger partial charge in [0.25, 0.3) is 0 Å². The van der Waals surface area contributed by atoms with Gasteiger partial charge in [-0.25, -0.2) is 0 Å². The molecule has 2 aliphatic heterocycles. The van der Waals surface area contributed by atoms with Crippen molar-refractivity contribution in [2.45, 2.75) is 0 Å². The number of para-hydroxylation sites is 4. The van der Waals surface area contributed by atoms with E-state index in [0.29, 0.717) is 23.0 Å². The minimum absolute atomic E-state index is 0.666.